The first-order valence-corrected chi connectivity index (χ1v) is 16.3. The van der Waals surface area contributed by atoms with E-state index in [4.69, 9.17) is 0 Å². The summed E-state index contributed by atoms with van der Waals surface area (Å²) < 4.78 is 5.27. The Morgan fingerprint density at radius 3 is 2.32 bits per heavy atom. The molecule has 0 fully saturated rings. The van der Waals surface area contributed by atoms with Gasteiger partial charge in [0.15, 0.2) is 0 Å². The topological polar surface area (TPSA) is 4.93 Å². The normalized spacial score (nSPS) is 15.3. The van der Waals surface area contributed by atoms with Gasteiger partial charge in [-0.2, -0.15) is 0 Å². The third kappa shape index (κ3) is 3.24. The monoisotopic (exact) mass is 579 g/mol. The van der Waals surface area contributed by atoms with Crippen LogP contribution in [0.2, 0.25) is 0 Å². The van der Waals surface area contributed by atoms with Crippen molar-refractivity contribution in [3.63, 3.8) is 0 Å². The molecule has 2 heteroatoms. The lowest BCUT2D eigenvalue weighted by Crippen LogP contribution is -2.12. The van der Waals surface area contributed by atoms with Crippen molar-refractivity contribution >= 4 is 65.1 Å². The first-order chi connectivity index (χ1) is 21.6. The highest BCUT2D eigenvalue weighted by molar-refractivity contribution is 7.25. The van der Waals surface area contributed by atoms with Gasteiger partial charge in [0.05, 0.1) is 11.0 Å². The molecule has 44 heavy (non-hydrogen) atoms. The summed E-state index contributed by atoms with van der Waals surface area (Å²) in [7, 11) is 0. The molecule has 0 spiro atoms. The fourth-order valence-electron chi connectivity index (χ4n) is 8.15. The van der Waals surface area contributed by atoms with Crippen LogP contribution < -0.4 is 0 Å². The van der Waals surface area contributed by atoms with Crippen LogP contribution in [0, 0.1) is 13.8 Å². The molecule has 0 bridgehead atoms. The molecule has 0 saturated carbocycles. The highest BCUT2D eigenvalue weighted by Crippen LogP contribution is 2.52. The number of hydrogen-bond donors (Lipinski definition) is 0. The standard InChI is InChI=1S/C42H29NS/c1-24-8-3-4-9-29(24)41-25(2)14-15-28-22-38-35(23-33(28)41)32-12-7-11-31-34-20-26(16-18-37(34)43(38)42(31)32)27-17-19-40-36(21-27)30-10-5-6-13-39(30)44-40/h3-22,35H,23H2,1-2H3. The van der Waals surface area contributed by atoms with Crippen LogP contribution in [0.5, 0.6) is 0 Å². The number of thiophene rings is 1. The molecular weight excluding hydrogens is 551 g/mol. The van der Waals surface area contributed by atoms with Crippen LogP contribution in [0.1, 0.15) is 33.7 Å². The minimum Gasteiger partial charge on any atom is -0.312 e. The van der Waals surface area contributed by atoms with E-state index < -0.39 is 0 Å². The molecule has 0 radical (unpaired) electrons. The average Bonchev–Trinajstić information content (AvgIpc) is 3.70. The molecule has 1 aliphatic carbocycles. The van der Waals surface area contributed by atoms with Crippen molar-refractivity contribution in [2.75, 3.05) is 0 Å². The van der Waals surface area contributed by atoms with Crippen LogP contribution in [0.15, 0.2) is 115 Å². The zero-order valence-electron chi connectivity index (χ0n) is 24.7. The predicted molar refractivity (Wildman–Crippen MR) is 190 cm³/mol. The van der Waals surface area contributed by atoms with Crippen LogP contribution in [0.4, 0.5) is 0 Å². The first-order valence-electron chi connectivity index (χ1n) is 15.5. The molecule has 1 nitrogen and oxygen atoms in total. The number of aryl methyl sites for hydroxylation is 2. The molecule has 10 rings (SSSR count). The van der Waals surface area contributed by atoms with Crippen molar-refractivity contribution < 1.29 is 0 Å². The molecular formula is C42H29NS. The Morgan fingerprint density at radius 1 is 0.636 bits per heavy atom. The van der Waals surface area contributed by atoms with Crippen molar-refractivity contribution in [3.05, 3.63) is 143 Å². The number of nitrogens with zero attached hydrogens (tertiary/aromatic N) is 1. The minimum absolute atomic E-state index is 0.365. The summed E-state index contributed by atoms with van der Waals surface area (Å²) in [6, 6.07) is 43.3. The van der Waals surface area contributed by atoms with Crippen LogP contribution in [0.25, 0.3) is 76.0 Å². The van der Waals surface area contributed by atoms with Crippen molar-refractivity contribution in [2.45, 2.75) is 26.2 Å². The van der Waals surface area contributed by atoms with Crippen molar-refractivity contribution in [1.82, 2.24) is 4.57 Å². The van der Waals surface area contributed by atoms with E-state index in [1.165, 1.54) is 97.7 Å². The van der Waals surface area contributed by atoms with Gasteiger partial charge in [0.25, 0.3) is 0 Å². The van der Waals surface area contributed by atoms with Crippen LogP contribution in [-0.4, -0.2) is 4.57 Å². The average molecular weight is 580 g/mol. The van der Waals surface area contributed by atoms with E-state index in [2.05, 4.69) is 140 Å². The molecule has 0 N–H and O–H groups in total. The highest BCUT2D eigenvalue weighted by Gasteiger charge is 2.35. The Morgan fingerprint density at radius 2 is 1.41 bits per heavy atom. The van der Waals surface area contributed by atoms with Gasteiger partial charge >= 0.3 is 0 Å². The molecule has 2 aromatic heterocycles. The van der Waals surface area contributed by atoms with Gasteiger partial charge in [0, 0.05) is 42.6 Å². The number of benzene rings is 6. The van der Waals surface area contributed by atoms with Gasteiger partial charge < -0.3 is 4.57 Å². The lowest BCUT2D eigenvalue weighted by Gasteiger charge is -2.26. The summed E-state index contributed by atoms with van der Waals surface area (Å²) in [4.78, 5) is 0. The van der Waals surface area contributed by atoms with Gasteiger partial charge in [-0.05, 0) is 107 Å². The van der Waals surface area contributed by atoms with E-state index in [0.29, 0.717) is 5.92 Å². The van der Waals surface area contributed by atoms with Crippen molar-refractivity contribution in [1.29, 1.82) is 0 Å². The van der Waals surface area contributed by atoms with E-state index in [1.807, 2.05) is 11.3 Å². The lowest BCUT2D eigenvalue weighted by molar-refractivity contribution is 0.846. The highest BCUT2D eigenvalue weighted by atomic mass is 32.1. The fourth-order valence-corrected chi connectivity index (χ4v) is 9.24. The third-order valence-electron chi connectivity index (χ3n) is 10.2. The summed E-state index contributed by atoms with van der Waals surface area (Å²) in [5.41, 5.74) is 16.4. The number of allylic oxidation sites excluding steroid dienone is 1. The Labute approximate surface area is 260 Å². The molecule has 1 atom stereocenters. The van der Waals surface area contributed by atoms with Gasteiger partial charge in [-0.3, -0.25) is 0 Å². The Bertz CT molecular complexity index is 2550. The smallest absolute Gasteiger partial charge is 0.0577 e. The molecule has 3 heterocycles. The maximum Gasteiger partial charge on any atom is 0.0577 e. The zero-order valence-corrected chi connectivity index (χ0v) is 25.5. The molecule has 0 amide bonds. The predicted octanol–water partition coefficient (Wildman–Crippen LogP) is 11.8. The largest absolute Gasteiger partial charge is 0.312 e. The van der Waals surface area contributed by atoms with E-state index in [-0.39, 0.29) is 0 Å². The van der Waals surface area contributed by atoms with Crippen molar-refractivity contribution in [2.24, 2.45) is 0 Å². The Balaban J connectivity index is 1.16. The van der Waals surface area contributed by atoms with E-state index in [0.717, 1.165) is 6.42 Å². The van der Waals surface area contributed by atoms with Gasteiger partial charge in [0.1, 0.15) is 0 Å². The van der Waals surface area contributed by atoms with E-state index in [1.54, 1.807) is 0 Å². The van der Waals surface area contributed by atoms with E-state index in [9.17, 15) is 0 Å². The molecule has 1 aliphatic heterocycles. The molecule has 8 aromatic rings. The van der Waals surface area contributed by atoms with Gasteiger partial charge in [-0.15, -0.1) is 11.3 Å². The molecule has 2 aliphatic rings. The van der Waals surface area contributed by atoms with Crippen LogP contribution in [0.3, 0.4) is 0 Å². The second-order valence-corrected chi connectivity index (χ2v) is 13.7. The minimum atomic E-state index is 0.365. The number of hydrogen-bond acceptors (Lipinski definition) is 1. The SMILES string of the molecule is Cc1ccccc1-c1c(C)ccc2c1CC1C(=C2)n2c3ccc(-c4ccc5sc6ccccc6c5c4)cc3c3cccc1c32. The van der Waals surface area contributed by atoms with Gasteiger partial charge in [-0.25, -0.2) is 0 Å². The zero-order chi connectivity index (χ0) is 29.1. The first kappa shape index (κ1) is 24.5. The van der Waals surface area contributed by atoms with Gasteiger partial charge in [0.2, 0.25) is 0 Å². The number of aromatic nitrogens is 1. The fraction of sp³-hybridized carbons (Fsp3) is 0.0952. The van der Waals surface area contributed by atoms with Crippen molar-refractivity contribution in [3.8, 4) is 22.3 Å². The van der Waals surface area contributed by atoms with Crippen LogP contribution in [-0.2, 0) is 6.42 Å². The van der Waals surface area contributed by atoms with Gasteiger partial charge in [-0.1, -0.05) is 84.9 Å². The molecule has 6 aromatic carbocycles. The summed E-state index contributed by atoms with van der Waals surface area (Å²) in [5.74, 6) is 0.365. The second kappa shape index (κ2) is 8.81. The molecule has 1 unspecified atom stereocenters. The summed E-state index contributed by atoms with van der Waals surface area (Å²) in [6.07, 6.45) is 3.51. The quantitative estimate of drug-likeness (QED) is 0.192. The lowest BCUT2D eigenvalue weighted by atomic mass is 9.78. The maximum atomic E-state index is 2.57. The maximum absolute atomic E-state index is 2.57. The molecule has 0 saturated heterocycles. The third-order valence-corrected chi connectivity index (χ3v) is 11.4. The Kier molecular flexibility index (Phi) is 4.91. The summed E-state index contributed by atoms with van der Waals surface area (Å²) in [5, 5.41) is 5.39. The molecule has 208 valence electrons. The second-order valence-electron chi connectivity index (χ2n) is 12.6. The summed E-state index contributed by atoms with van der Waals surface area (Å²) >= 11 is 1.88. The number of para-hydroxylation sites is 1. The number of rotatable bonds is 2. The summed E-state index contributed by atoms with van der Waals surface area (Å²) in [6.45, 7) is 4.51. The number of fused-ring (bicyclic) bond motifs is 10. The van der Waals surface area contributed by atoms with Crippen LogP contribution >= 0.6 is 11.3 Å². The Hall–Kier alpha value is -4.92. The van der Waals surface area contributed by atoms with E-state index >= 15 is 0 Å².